The molecule has 76 valence electrons. The molecule has 3 heteroatoms. The van der Waals surface area contributed by atoms with Crippen molar-refractivity contribution in [3.8, 4) is 0 Å². The molecule has 0 amide bonds. The smallest absolute Gasteiger partial charge is 0.196 e. The van der Waals surface area contributed by atoms with E-state index in [2.05, 4.69) is 0 Å². The van der Waals surface area contributed by atoms with Crippen LogP contribution < -0.4 is 0 Å². The highest BCUT2D eigenvalue weighted by Crippen LogP contribution is 2.16. The summed E-state index contributed by atoms with van der Waals surface area (Å²) in [5.41, 5.74) is 1.12. The zero-order valence-corrected chi connectivity index (χ0v) is 8.91. The van der Waals surface area contributed by atoms with E-state index in [4.69, 9.17) is 16.0 Å². The third-order valence-electron chi connectivity index (χ3n) is 2.08. The molecule has 2 rings (SSSR count). The number of furan rings is 1. The van der Waals surface area contributed by atoms with Crippen LogP contribution in [0.3, 0.4) is 0 Å². The minimum absolute atomic E-state index is 0.0747. The van der Waals surface area contributed by atoms with E-state index in [1.54, 1.807) is 37.3 Å². The first-order valence-electron chi connectivity index (χ1n) is 4.52. The van der Waals surface area contributed by atoms with Crippen molar-refractivity contribution >= 4 is 17.4 Å². The molecule has 1 heterocycles. The molecule has 2 nitrogen and oxygen atoms in total. The molecule has 0 bridgehead atoms. The highest BCUT2D eigenvalue weighted by Gasteiger charge is 2.11. The van der Waals surface area contributed by atoms with Crippen LogP contribution >= 0.6 is 11.6 Å². The number of aryl methyl sites for hydroxylation is 1. The molecule has 0 aliphatic carbocycles. The van der Waals surface area contributed by atoms with Crippen molar-refractivity contribution in [2.75, 3.05) is 0 Å². The Bertz CT molecular complexity index is 500. The molecule has 0 fully saturated rings. The largest absolute Gasteiger partial charge is 0.469 e. The number of halogens is 1. The quantitative estimate of drug-likeness (QED) is 0.726. The van der Waals surface area contributed by atoms with E-state index in [9.17, 15) is 4.79 Å². The van der Waals surface area contributed by atoms with Gasteiger partial charge >= 0.3 is 0 Å². The van der Waals surface area contributed by atoms with Crippen LogP contribution in [0.1, 0.15) is 21.7 Å². The molecular weight excluding hydrogens is 212 g/mol. The van der Waals surface area contributed by atoms with Gasteiger partial charge in [-0.1, -0.05) is 23.7 Å². The molecule has 0 spiro atoms. The van der Waals surface area contributed by atoms with E-state index in [1.807, 2.05) is 0 Å². The van der Waals surface area contributed by atoms with Crippen LogP contribution in [0, 0.1) is 6.92 Å². The van der Waals surface area contributed by atoms with Crippen LogP contribution in [0.2, 0.25) is 5.02 Å². The topological polar surface area (TPSA) is 30.2 Å². The van der Waals surface area contributed by atoms with Gasteiger partial charge in [0.25, 0.3) is 0 Å². The van der Waals surface area contributed by atoms with Crippen LogP contribution in [-0.2, 0) is 0 Å². The van der Waals surface area contributed by atoms with Gasteiger partial charge in [-0.15, -0.1) is 0 Å². The predicted octanol–water partition coefficient (Wildman–Crippen LogP) is 3.47. The highest BCUT2D eigenvalue weighted by atomic mass is 35.5. The summed E-state index contributed by atoms with van der Waals surface area (Å²) in [6, 6.07) is 8.58. The summed E-state index contributed by atoms with van der Waals surface area (Å²) in [4.78, 5) is 11.9. The van der Waals surface area contributed by atoms with Crippen molar-refractivity contribution in [3.63, 3.8) is 0 Å². The van der Waals surface area contributed by atoms with Gasteiger partial charge in [0.2, 0.25) is 0 Å². The molecule has 0 aliphatic rings. The number of hydrogen-bond donors (Lipinski definition) is 0. The summed E-state index contributed by atoms with van der Waals surface area (Å²) in [6.07, 6.45) is 1.46. The molecular formula is C12H9ClO2. The number of carbonyl (C=O) groups is 1. The lowest BCUT2D eigenvalue weighted by Gasteiger charge is -1.97. The second kappa shape index (κ2) is 3.91. The third kappa shape index (κ3) is 2.10. The van der Waals surface area contributed by atoms with Gasteiger partial charge in [0.15, 0.2) is 5.78 Å². The molecule has 0 saturated heterocycles. The molecule has 0 aliphatic heterocycles. The van der Waals surface area contributed by atoms with Gasteiger partial charge in [-0.2, -0.15) is 0 Å². The van der Waals surface area contributed by atoms with Gasteiger partial charge in [-0.25, -0.2) is 0 Å². The maximum absolute atomic E-state index is 11.9. The van der Waals surface area contributed by atoms with Crippen molar-refractivity contribution in [1.82, 2.24) is 0 Å². The Morgan fingerprint density at radius 1 is 1.27 bits per heavy atom. The lowest BCUT2D eigenvalue weighted by molar-refractivity contribution is 0.103. The maximum atomic E-state index is 11.9. The standard InChI is InChI=1S/C12H9ClO2/c1-8-5-10(7-15-8)12(14)9-3-2-4-11(13)6-9/h2-7H,1H3. The second-order valence-corrected chi connectivity index (χ2v) is 3.72. The molecule has 15 heavy (non-hydrogen) atoms. The van der Waals surface area contributed by atoms with Crippen molar-refractivity contribution in [1.29, 1.82) is 0 Å². The van der Waals surface area contributed by atoms with Crippen molar-refractivity contribution < 1.29 is 9.21 Å². The SMILES string of the molecule is Cc1cc(C(=O)c2cccc(Cl)c2)co1. The minimum atomic E-state index is -0.0747. The lowest BCUT2D eigenvalue weighted by Crippen LogP contribution is -1.98. The summed E-state index contributed by atoms with van der Waals surface area (Å²) < 4.78 is 5.08. The Morgan fingerprint density at radius 3 is 2.67 bits per heavy atom. The van der Waals surface area contributed by atoms with Crippen LogP contribution in [0.25, 0.3) is 0 Å². The molecule has 1 aromatic heterocycles. The summed E-state index contributed by atoms with van der Waals surface area (Å²) in [5, 5.41) is 0.557. The molecule has 0 atom stereocenters. The van der Waals surface area contributed by atoms with E-state index in [0.717, 1.165) is 5.76 Å². The summed E-state index contributed by atoms with van der Waals surface area (Å²) in [5.74, 6) is 0.648. The third-order valence-corrected chi connectivity index (χ3v) is 2.31. The monoisotopic (exact) mass is 220 g/mol. The molecule has 0 radical (unpaired) electrons. The number of hydrogen-bond acceptors (Lipinski definition) is 2. The minimum Gasteiger partial charge on any atom is -0.469 e. The fourth-order valence-corrected chi connectivity index (χ4v) is 1.55. The average molecular weight is 221 g/mol. The Morgan fingerprint density at radius 2 is 2.07 bits per heavy atom. The normalized spacial score (nSPS) is 10.3. The number of carbonyl (C=O) groups excluding carboxylic acids is 1. The first-order chi connectivity index (χ1) is 7.16. The van der Waals surface area contributed by atoms with Crippen LogP contribution in [-0.4, -0.2) is 5.78 Å². The summed E-state index contributed by atoms with van der Waals surface area (Å²) in [6.45, 7) is 1.80. The lowest BCUT2D eigenvalue weighted by atomic mass is 10.1. The van der Waals surface area contributed by atoms with Gasteiger partial charge in [0, 0.05) is 10.6 Å². The fraction of sp³-hybridized carbons (Fsp3) is 0.0833. The van der Waals surface area contributed by atoms with Crippen LogP contribution in [0.5, 0.6) is 0 Å². The van der Waals surface area contributed by atoms with E-state index in [-0.39, 0.29) is 5.78 Å². The van der Waals surface area contributed by atoms with Gasteiger partial charge in [0.05, 0.1) is 5.56 Å². The van der Waals surface area contributed by atoms with Crippen molar-refractivity contribution in [3.05, 3.63) is 58.5 Å². The fourth-order valence-electron chi connectivity index (χ4n) is 1.36. The van der Waals surface area contributed by atoms with Gasteiger partial charge in [-0.05, 0) is 25.1 Å². The Kier molecular flexibility index (Phi) is 2.60. The van der Waals surface area contributed by atoms with Gasteiger partial charge < -0.3 is 4.42 Å². The molecule has 0 unspecified atom stereocenters. The zero-order valence-electron chi connectivity index (χ0n) is 8.16. The van der Waals surface area contributed by atoms with Crippen molar-refractivity contribution in [2.24, 2.45) is 0 Å². The molecule has 0 saturated carbocycles. The Hall–Kier alpha value is -1.54. The molecule has 0 N–H and O–H groups in total. The van der Waals surface area contributed by atoms with Crippen molar-refractivity contribution in [2.45, 2.75) is 6.92 Å². The number of ketones is 1. The summed E-state index contributed by atoms with van der Waals surface area (Å²) in [7, 11) is 0. The van der Waals surface area contributed by atoms with E-state index in [1.165, 1.54) is 6.26 Å². The predicted molar refractivity (Wildman–Crippen MR) is 58.3 cm³/mol. The molecule has 1 aromatic carbocycles. The summed E-state index contributed by atoms with van der Waals surface area (Å²) >= 11 is 5.81. The molecule has 2 aromatic rings. The van der Waals surface area contributed by atoms with Gasteiger partial charge in [-0.3, -0.25) is 4.79 Å². The number of rotatable bonds is 2. The zero-order chi connectivity index (χ0) is 10.8. The Balaban J connectivity index is 2.36. The average Bonchev–Trinajstić information content (AvgIpc) is 2.64. The maximum Gasteiger partial charge on any atom is 0.196 e. The first-order valence-corrected chi connectivity index (χ1v) is 4.90. The van der Waals surface area contributed by atoms with E-state index < -0.39 is 0 Å². The first kappa shape index (κ1) is 9.99. The second-order valence-electron chi connectivity index (χ2n) is 3.29. The van der Waals surface area contributed by atoms with E-state index >= 15 is 0 Å². The van der Waals surface area contributed by atoms with E-state index in [0.29, 0.717) is 16.1 Å². The highest BCUT2D eigenvalue weighted by molar-refractivity contribution is 6.31. The number of benzene rings is 1. The van der Waals surface area contributed by atoms with Gasteiger partial charge in [0.1, 0.15) is 12.0 Å². The Labute approximate surface area is 92.5 Å². The van der Waals surface area contributed by atoms with Crippen LogP contribution in [0.15, 0.2) is 41.0 Å². The van der Waals surface area contributed by atoms with Crippen LogP contribution in [0.4, 0.5) is 0 Å².